The van der Waals surface area contributed by atoms with Crippen LogP contribution in [0.4, 0.5) is 0 Å². The van der Waals surface area contributed by atoms with Crippen molar-refractivity contribution in [2.24, 2.45) is 10.8 Å². The van der Waals surface area contributed by atoms with Crippen molar-refractivity contribution < 1.29 is 19.1 Å². The molecule has 20 heavy (non-hydrogen) atoms. The lowest BCUT2D eigenvalue weighted by atomic mass is 9.68. The van der Waals surface area contributed by atoms with Crippen LogP contribution in [0, 0.1) is 10.8 Å². The number of carbonyl (C=O) groups excluding carboxylic acids is 2. The minimum atomic E-state index is -0.300. The van der Waals surface area contributed by atoms with Gasteiger partial charge in [-0.2, -0.15) is 0 Å². The lowest BCUT2D eigenvalue weighted by molar-refractivity contribution is -0.144. The predicted molar refractivity (Wildman–Crippen MR) is 77.0 cm³/mol. The number of hydrogen-bond acceptors (Lipinski definition) is 4. The molecule has 0 radical (unpaired) electrons. The SMILES string of the molecule is CC(=O)OCC1(C)C=C(C)C(C)(COC(C)=O)C=C1C. The number of rotatable bonds is 4. The van der Waals surface area contributed by atoms with Crippen molar-refractivity contribution >= 4 is 11.9 Å². The van der Waals surface area contributed by atoms with Gasteiger partial charge in [-0.15, -0.1) is 0 Å². The summed E-state index contributed by atoms with van der Waals surface area (Å²) in [6.45, 7) is 11.6. The summed E-state index contributed by atoms with van der Waals surface area (Å²) in [5, 5.41) is 0. The normalized spacial score (nSPS) is 29.3. The van der Waals surface area contributed by atoms with Crippen molar-refractivity contribution in [1.82, 2.24) is 0 Å². The van der Waals surface area contributed by atoms with Crippen LogP contribution in [0.2, 0.25) is 0 Å². The summed E-state index contributed by atoms with van der Waals surface area (Å²) in [5.74, 6) is -0.559. The monoisotopic (exact) mass is 280 g/mol. The fraction of sp³-hybridized carbons (Fsp3) is 0.625. The summed E-state index contributed by atoms with van der Waals surface area (Å²) in [7, 11) is 0. The minimum absolute atomic E-state index is 0.279. The van der Waals surface area contributed by atoms with E-state index in [-0.39, 0.29) is 22.8 Å². The molecule has 112 valence electrons. The van der Waals surface area contributed by atoms with E-state index in [1.165, 1.54) is 13.8 Å². The molecule has 0 saturated heterocycles. The smallest absolute Gasteiger partial charge is 0.302 e. The summed E-state index contributed by atoms with van der Waals surface area (Å²) in [4.78, 5) is 22.0. The highest BCUT2D eigenvalue weighted by Gasteiger charge is 2.37. The van der Waals surface area contributed by atoms with E-state index in [9.17, 15) is 9.59 Å². The topological polar surface area (TPSA) is 52.6 Å². The molecule has 4 nitrogen and oxygen atoms in total. The van der Waals surface area contributed by atoms with Gasteiger partial charge in [0.2, 0.25) is 0 Å². The molecule has 0 saturated carbocycles. The summed E-state index contributed by atoms with van der Waals surface area (Å²) in [6, 6.07) is 0. The first-order chi connectivity index (χ1) is 9.09. The van der Waals surface area contributed by atoms with Crippen LogP contribution in [0.25, 0.3) is 0 Å². The molecule has 1 aliphatic rings. The first-order valence-electron chi connectivity index (χ1n) is 6.76. The largest absolute Gasteiger partial charge is 0.465 e. The Morgan fingerprint density at radius 2 is 1.20 bits per heavy atom. The second kappa shape index (κ2) is 5.81. The van der Waals surface area contributed by atoms with E-state index < -0.39 is 0 Å². The van der Waals surface area contributed by atoms with Gasteiger partial charge in [-0.3, -0.25) is 9.59 Å². The fourth-order valence-electron chi connectivity index (χ4n) is 2.33. The standard InChI is InChI=1S/C16H24O4/c1-11-7-16(6,10-20-14(4)18)12(2)8-15(11,5)9-19-13(3)17/h7-8H,9-10H2,1-6H3. The third-order valence-electron chi connectivity index (χ3n) is 4.02. The maximum atomic E-state index is 11.0. The Bertz CT molecular complexity index is 431. The summed E-state index contributed by atoms with van der Waals surface area (Å²) in [6.07, 6.45) is 4.21. The third-order valence-corrected chi connectivity index (χ3v) is 4.02. The van der Waals surface area contributed by atoms with Gasteiger partial charge >= 0.3 is 11.9 Å². The number of esters is 2. The Balaban J connectivity index is 2.94. The van der Waals surface area contributed by atoms with Crippen LogP contribution < -0.4 is 0 Å². The van der Waals surface area contributed by atoms with Crippen LogP contribution in [0.15, 0.2) is 23.3 Å². The molecule has 2 atom stereocenters. The average molecular weight is 280 g/mol. The molecule has 0 aromatic rings. The first kappa shape index (κ1) is 16.5. The van der Waals surface area contributed by atoms with Gasteiger partial charge in [0, 0.05) is 24.7 Å². The third kappa shape index (κ3) is 3.71. The van der Waals surface area contributed by atoms with Gasteiger partial charge in [0.25, 0.3) is 0 Å². The van der Waals surface area contributed by atoms with Gasteiger partial charge < -0.3 is 9.47 Å². The Kier molecular flexibility index (Phi) is 4.79. The number of hydrogen-bond donors (Lipinski definition) is 0. The number of carbonyl (C=O) groups is 2. The first-order valence-corrected chi connectivity index (χ1v) is 6.76. The highest BCUT2D eigenvalue weighted by atomic mass is 16.5. The highest BCUT2D eigenvalue weighted by molar-refractivity contribution is 5.66. The van der Waals surface area contributed by atoms with Crippen LogP contribution >= 0.6 is 0 Å². The van der Waals surface area contributed by atoms with Gasteiger partial charge in [-0.05, 0) is 27.7 Å². The summed E-state index contributed by atoms with van der Waals surface area (Å²) >= 11 is 0. The van der Waals surface area contributed by atoms with E-state index in [0.717, 1.165) is 11.1 Å². The van der Waals surface area contributed by atoms with Crippen molar-refractivity contribution in [2.75, 3.05) is 13.2 Å². The molecule has 0 N–H and O–H groups in total. The molecular formula is C16H24O4. The zero-order valence-electron chi connectivity index (χ0n) is 13.2. The quantitative estimate of drug-likeness (QED) is 0.586. The van der Waals surface area contributed by atoms with E-state index in [2.05, 4.69) is 12.2 Å². The average Bonchev–Trinajstić information content (AvgIpc) is 2.32. The zero-order valence-corrected chi connectivity index (χ0v) is 13.2. The van der Waals surface area contributed by atoms with Crippen LogP contribution in [0.1, 0.15) is 41.5 Å². The van der Waals surface area contributed by atoms with E-state index in [1.54, 1.807) is 0 Å². The molecule has 0 fully saturated rings. The van der Waals surface area contributed by atoms with Crippen LogP contribution in [0.3, 0.4) is 0 Å². The molecule has 0 aromatic heterocycles. The molecule has 4 heteroatoms. The summed E-state index contributed by atoms with van der Waals surface area (Å²) < 4.78 is 10.3. The maximum absolute atomic E-state index is 11.0. The Morgan fingerprint density at radius 3 is 1.45 bits per heavy atom. The predicted octanol–water partition coefficient (Wildman–Crippen LogP) is 3.03. The lowest BCUT2D eigenvalue weighted by Crippen LogP contribution is -2.34. The Morgan fingerprint density at radius 1 is 0.900 bits per heavy atom. The molecule has 0 aliphatic heterocycles. The summed E-state index contributed by atoms with van der Waals surface area (Å²) in [5.41, 5.74) is 1.62. The zero-order chi connectivity index (χ0) is 15.6. The lowest BCUT2D eigenvalue weighted by Gasteiger charge is -2.39. The van der Waals surface area contributed by atoms with Gasteiger partial charge in [0.15, 0.2) is 0 Å². The second-order valence-corrected chi connectivity index (χ2v) is 6.05. The van der Waals surface area contributed by atoms with Crippen molar-refractivity contribution in [2.45, 2.75) is 41.5 Å². The van der Waals surface area contributed by atoms with E-state index in [4.69, 9.17) is 9.47 Å². The van der Waals surface area contributed by atoms with Gasteiger partial charge in [0.1, 0.15) is 13.2 Å². The van der Waals surface area contributed by atoms with Gasteiger partial charge in [0.05, 0.1) is 0 Å². The van der Waals surface area contributed by atoms with Crippen LogP contribution in [-0.4, -0.2) is 25.2 Å². The molecule has 1 rings (SSSR count). The van der Waals surface area contributed by atoms with Crippen molar-refractivity contribution in [1.29, 1.82) is 0 Å². The van der Waals surface area contributed by atoms with Crippen LogP contribution in [0.5, 0.6) is 0 Å². The van der Waals surface area contributed by atoms with Crippen molar-refractivity contribution in [3.05, 3.63) is 23.3 Å². The van der Waals surface area contributed by atoms with E-state index in [1.807, 2.05) is 27.7 Å². The second-order valence-electron chi connectivity index (χ2n) is 6.05. The molecule has 0 spiro atoms. The van der Waals surface area contributed by atoms with Crippen LogP contribution in [-0.2, 0) is 19.1 Å². The van der Waals surface area contributed by atoms with Crippen molar-refractivity contribution in [3.8, 4) is 0 Å². The van der Waals surface area contributed by atoms with Gasteiger partial charge in [-0.1, -0.05) is 23.3 Å². The number of ether oxygens (including phenoxy) is 2. The van der Waals surface area contributed by atoms with E-state index >= 15 is 0 Å². The van der Waals surface area contributed by atoms with E-state index in [0.29, 0.717) is 13.2 Å². The molecule has 2 unspecified atom stereocenters. The molecule has 0 amide bonds. The molecule has 0 heterocycles. The fourth-order valence-corrected chi connectivity index (χ4v) is 2.33. The molecular weight excluding hydrogens is 256 g/mol. The molecule has 1 aliphatic carbocycles. The Labute approximate surface area is 120 Å². The highest BCUT2D eigenvalue weighted by Crippen LogP contribution is 2.43. The molecule has 0 bridgehead atoms. The Hall–Kier alpha value is -1.58. The minimum Gasteiger partial charge on any atom is -0.465 e. The molecule has 0 aromatic carbocycles. The van der Waals surface area contributed by atoms with Gasteiger partial charge in [-0.25, -0.2) is 0 Å². The maximum Gasteiger partial charge on any atom is 0.302 e. The van der Waals surface area contributed by atoms with Crippen molar-refractivity contribution in [3.63, 3.8) is 0 Å².